The number of ether oxygens (including phenoxy) is 2. The fraction of sp³-hybridized carbons (Fsp3) is 0.737. The van der Waals surface area contributed by atoms with Gasteiger partial charge in [0.1, 0.15) is 6.61 Å². The topological polar surface area (TPSA) is 42.0 Å². The van der Waals surface area contributed by atoms with E-state index in [0.29, 0.717) is 12.5 Å². The fourth-order valence-corrected chi connectivity index (χ4v) is 4.65. The van der Waals surface area contributed by atoms with Crippen LogP contribution in [0, 0.1) is 5.92 Å². The molecule has 1 aromatic heterocycles. The van der Waals surface area contributed by atoms with E-state index < -0.39 is 0 Å². The number of piperidine rings is 1. The number of amides is 1. The number of likely N-dealkylation sites (tertiary alicyclic amines) is 1. The quantitative estimate of drug-likeness (QED) is 0.696. The molecule has 1 unspecified atom stereocenters. The Morgan fingerprint density at radius 1 is 1.44 bits per heavy atom. The van der Waals surface area contributed by atoms with Gasteiger partial charge in [-0.1, -0.05) is 0 Å². The van der Waals surface area contributed by atoms with Crippen LogP contribution in [0.4, 0.5) is 0 Å². The molecule has 1 spiro atoms. The van der Waals surface area contributed by atoms with Crippen molar-refractivity contribution in [2.24, 2.45) is 5.92 Å². The van der Waals surface area contributed by atoms with Crippen LogP contribution < -0.4 is 0 Å². The fourth-order valence-electron chi connectivity index (χ4n) is 3.99. The minimum atomic E-state index is 0.0270. The van der Waals surface area contributed by atoms with Gasteiger partial charge >= 0.3 is 0 Å². The lowest BCUT2D eigenvalue weighted by Gasteiger charge is -2.42. The number of thiophene rings is 1. The maximum absolute atomic E-state index is 11.6. The van der Waals surface area contributed by atoms with Crippen LogP contribution in [0.2, 0.25) is 0 Å². The third-order valence-electron chi connectivity index (χ3n) is 5.62. The Labute approximate surface area is 154 Å². The van der Waals surface area contributed by atoms with Gasteiger partial charge in [0, 0.05) is 46.9 Å². The van der Waals surface area contributed by atoms with Gasteiger partial charge in [-0.3, -0.25) is 9.69 Å². The number of carbonyl (C=O) groups is 1. The van der Waals surface area contributed by atoms with Gasteiger partial charge in [-0.25, -0.2) is 0 Å². The Morgan fingerprint density at radius 2 is 2.24 bits per heavy atom. The van der Waals surface area contributed by atoms with E-state index >= 15 is 0 Å². The summed E-state index contributed by atoms with van der Waals surface area (Å²) in [4.78, 5) is 15.7. The van der Waals surface area contributed by atoms with Crippen LogP contribution in [-0.4, -0.2) is 68.3 Å². The first kappa shape index (κ1) is 18.8. The van der Waals surface area contributed by atoms with Gasteiger partial charge in [-0.15, -0.1) is 0 Å². The molecule has 3 rings (SSSR count). The van der Waals surface area contributed by atoms with Crippen molar-refractivity contribution in [1.29, 1.82) is 0 Å². The Balaban J connectivity index is 1.43. The van der Waals surface area contributed by atoms with Crippen LogP contribution in [0.25, 0.3) is 0 Å². The molecule has 5 nitrogen and oxygen atoms in total. The molecule has 1 atom stereocenters. The van der Waals surface area contributed by atoms with Crippen molar-refractivity contribution in [3.05, 3.63) is 22.4 Å². The van der Waals surface area contributed by atoms with E-state index in [0.717, 1.165) is 51.9 Å². The van der Waals surface area contributed by atoms with Gasteiger partial charge in [0.15, 0.2) is 0 Å². The monoisotopic (exact) mass is 366 g/mol. The summed E-state index contributed by atoms with van der Waals surface area (Å²) in [5.41, 5.74) is 1.46. The van der Waals surface area contributed by atoms with Crippen LogP contribution in [-0.2, 0) is 20.8 Å². The smallest absolute Gasteiger partial charge is 0.248 e. The van der Waals surface area contributed by atoms with Crippen LogP contribution in [0.5, 0.6) is 0 Å². The summed E-state index contributed by atoms with van der Waals surface area (Å²) in [5.74, 6) is 0.587. The largest absolute Gasteiger partial charge is 0.375 e. The highest BCUT2D eigenvalue weighted by Crippen LogP contribution is 2.42. The number of carbonyl (C=O) groups excluding carboxylic acids is 1. The Kier molecular flexibility index (Phi) is 6.49. The molecule has 2 fully saturated rings. The maximum Gasteiger partial charge on any atom is 0.248 e. The van der Waals surface area contributed by atoms with Crippen LogP contribution >= 0.6 is 11.3 Å². The number of likely N-dealkylation sites (N-methyl/N-ethyl adjacent to an activating group) is 1. The van der Waals surface area contributed by atoms with Crippen molar-refractivity contribution in [1.82, 2.24) is 9.80 Å². The summed E-state index contributed by atoms with van der Waals surface area (Å²) < 4.78 is 11.8. The molecule has 25 heavy (non-hydrogen) atoms. The Bertz CT molecular complexity index is 539. The van der Waals surface area contributed by atoms with Crippen molar-refractivity contribution < 1.29 is 14.3 Å². The van der Waals surface area contributed by atoms with Crippen LogP contribution in [0.15, 0.2) is 16.8 Å². The zero-order valence-corrected chi connectivity index (χ0v) is 16.2. The molecule has 0 radical (unpaired) electrons. The van der Waals surface area contributed by atoms with E-state index in [1.54, 1.807) is 30.3 Å². The number of hydrogen-bond acceptors (Lipinski definition) is 5. The van der Waals surface area contributed by atoms with Crippen molar-refractivity contribution >= 4 is 17.2 Å². The molecule has 0 bridgehead atoms. The zero-order valence-electron chi connectivity index (χ0n) is 15.4. The van der Waals surface area contributed by atoms with E-state index in [1.165, 1.54) is 5.56 Å². The summed E-state index contributed by atoms with van der Waals surface area (Å²) in [6, 6.07) is 2.22. The highest BCUT2D eigenvalue weighted by Gasteiger charge is 2.45. The van der Waals surface area contributed by atoms with Gasteiger partial charge in [0.05, 0.1) is 5.60 Å². The number of nitrogens with zero attached hydrogens (tertiary/aromatic N) is 2. The van der Waals surface area contributed by atoms with E-state index in [4.69, 9.17) is 9.47 Å². The summed E-state index contributed by atoms with van der Waals surface area (Å²) in [7, 11) is 3.52. The molecule has 3 heterocycles. The first-order valence-corrected chi connectivity index (χ1v) is 10.2. The third kappa shape index (κ3) is 4.82. The van der Waals surface area contributed by atoms with Gasteiger partial charge in [-0.2, -0.15) is 11.3 Å². The second kappa shape index (κ2) is 8.62. The second-order valence-electron chi connectivity index (χ2n) is 7.44. The molecule has 2 aliphatic heterocycles. The highest BCUT2D eigenvalue weighted by molar-refractivity contribution is 7.07. The first-order chi connectivity index (χ1) is 12.1. The predicted octanol–water partition coefficient (Wildman–Crippen LogP) is 2.61. The minimum absolute atomic E-state index is 0.0270. The van der Waals surface area contributed by atoms with Gasteiger partial charge < -0.3 is 14.4 Å². The molecule has 0 aromatic carbocycles. The summed E-state index contributed by atoms with van der Waals surface area (Å²) in [5, 5.41) is 4.39. The molecule has 1 amide bonds. The standard InChI is InChI=1S/C19H30N2O3S/c1-20(2)18(22)14-23-10-3-17-4-11-24-19(17)6-8-21(9-7-19)13-16-5-12-25-15-16/h5,12,15,17H,3-4,6-11,13-14H2,1-2H3. The number of hydrogen-bond donors (Lipinski definition) is 0. The van der Waals surface area contributed by atoms with Crippen molar-refractivity contribution in [3.63, 3.8) is 0 Å². The summed E-state index contributed by atoms with van der Waals surface area (Å²) >= 11 is 1.77. The van der Waals surface area contributed by atoms with Gasteiger partial charge in [0.25, 0.3) is 0 Å². The molecular weight excluding hydrogens is 336 g/mol. The van der Waals surface area contributed by atoms with Gasteiger partial charge in [0.2, 0.25) is 5.91 Å². The zero-order chi connectivity index (χ0) is 17.7. The normalized spacial score (nSPS) is 23.2. The van der Waals surface area contributed by atoms with E-state index in [-0.39, 0.29) is 18.1 Å². The molecule has 0 saturated carbocycles. The van der Waals surface area contributed by atoms with Crippen molar-refractivity contribution in [2.75, 3.05) is 47.0 Å². The van der Waals surface area contributed by atoms with Crippen LogP contribution in [0.1, 0.15) is 31.2 Å². The molecule has 0 N–H and O–H groups in total. The molecule has 1 aromatic rings. The van der Waals surface area contributed by atoms with Gasteiger partial charge in [-0.05, 0) is 54.0 Å². The molecule has 2 saturated heterocycles. The second-order valence-corrected chi connectivity index (χ2v) is 8.22. The molecule has 0 aliphatic carbocycles. The highest BCUT2D eigenvalue weighted by atomic mass is 32.1. The van der Waals surface area contributed by atoms with E-state index in [9.17, 15) is 4.79 Å². The first-order valence-electron chi connectivity index (χ1n) is 9.24. The average molecular weight is 367 g/mol. The minimum Gasteiger partial charge on any atom is -0.375 e. The van der Waals surface area contributed by atoms with E-state index in [1.807, 2.05) is 0 Å². The SMILES string of the molecule is CN(C)C(=O)COCCC1CCOC12CCN(Cc1ccsc1)CC2. The summed E-state index contributed by atoms with van der Waals surface area (Å²) in [6.45, 7) is 4.96. The van der Waals surface area contributed by atoms with E-state index in [2.05, 4.69) is 21.7 Å². The summed E-state index contributed by atoms with van der Waals surface area (Å²) in [6.07, 6.45) is 4.33. The van der Waals surface area contributed by atoms with Crippen molar-refractivity contribution in [3.8, 4) is 0 Å². The third-order valence-corrected chi connectivity index (χ3v) is 6.36. The van der Waals surface area contributed by atoms with Crippen LogP contribution in [0.3, 0.4) is 0 Å². The Hall–Kier alpha value is -0.950. The predicted molar refractivity (Wildman–Crippen MR) is 99.8 cm³/mol. The molecule has 2 aliphatic rings. The molecular formula is C19H30N2O3S. The molecule has 6 heteroatoms. The maximum atomic E-state index is 11.6. The lowest BCUT2D eigenvalue weighted by molar-refractivity contribution is -0.133. The Morgan fingerprint density at radius 3 is 2.92 bits per heavy atom. The average Bonchev–Trinajstić information content (AvgIpc) is 3.24. The lowest BCUT2D eigenvalue weighted by Crippen LogP contribution is -2.47. The van der Waals surface area contributed by atoms with Crippen molar-refractivity contribution in [2.45, 2.75) is 37.8 Å². The number of rotatable bonds is 7. The lowest BCUT2D eigenvalue weighted by atomic mass is 9.78. The molecule has 140 valence electrons.